The fraction of sp³-hybridized carbons (Fsp3) is 0.200. The minimum absolute atomic E-state index is 0.127. The van der Waals surface area contributed by atoms with E-state index < -0.39 is 6.04 Å². The van der Waals surface area contributed by atoms with Crippen molar-refractivity contribution in [1.82, 2.24) is 10.6 Å². The van der Waals surface area contributed by atoms with E-state index >= 15 is 0 Å². The van der Waals surface area contributed by atoms with Gasteiger partial charge >= 0.3 is 5.97 Å². The highest BCUT2D eigenvalue weighted by molar-refractivity contribution is 7.98. The highest BCUT2D eigenvalue weighted by Crippen LogP contribution is 2.22. The van der Waals surface area contributed by atoms with Crippen LogP contribution < -0.4 is 10.6 Å². The average molecular weight is 451 g/mol. The van der Waals surface area contributed by atoms with Crippen LogP contribution in [-0.4, -0.2) is 30.0 Å². The molecule has 0 amide bonds. The molecule has 0 fully saturated rings. The summed E-state index contributed by atoms with van der Waals surface area (Å²) >= 11 is 7.24. The molecule has 3 rings (SSSR count). The number of carbonyl (C=O) groups excluding carboxylic acids is 1. The maximum absolute atomic E-state index is 12.3. The van der Waals surface area contributed by atoms with Gasteiger partial charge in [0.15, 0.2) is 5.11 Å². The molecule has 0 aromatic heterocycles. The molecule has 3 aromatic rings. The molecule has 0 heterocycles. The van der Waals surface area contributed by atoms with Crippen LogP contribution in [0.15, 0.2) is 91.0 Å². The van der Waals surface area contributed by atoms with Crippen LogP contribution >= 0.6 is 24.0 Å². The number of thiocarbonyl (C=S) groups is 1. The van der Waals surface area contributed by atoms with Gasteiger partial charge in [-0.2, -0.15) is 11.8 Å². The summed E-state index contributed by atoms with van der Waals surface area (Å²) in [6, 6.07) is 29.7. The second kappa shape index (κ2) is 12.1. The van der Waals surface area contributed by atoms with E-state index in [4.69, 9.17) is 17.0 Å². The standard InChI is InChI=1S/C25H26N2O2S2/c1-29-24(28)22(18-31-17-19-11-5-2-6-12-19)26-25(30)27-23(20-13-7-3-8-14-20)21-15-9-4-10-16-21/h2-16,22-23H,17-18H2,1H3,(H2,26,27,30). The van der Waals surface area contributed by atoms with E-state index in [1.165, 1.54) is 12.7 Å². The molecule has 0 saturated carbocycles. The van der Waals surface area contributed by atoms with Crippen LogP contribution in [-0.2, 0) is 15.3 Å². The van der Waals surface area contributed by atoms with Crippen molar-refractivity contribution in [3.8, 4) is 0 Å². The van der Waals surface area contributed by atoms with Crippen LogP contribution in [0.5, 0.6) is 0 Å². The van der Waals surface area contributed by atoms with Gasteiger partial charge in [0, 0.05) is 11.5 Å². The number of thioether (sulfide) groups is 1. The summed E-state index contributed by atoms with van der Waals surface area (Å²) in [5.74, 6) is 1.03. The molecule has 0 bridgehead atoms. The smallest absolute Gasteiger partial charge is 0.329 e. The third-order valence-corrected chi connectivity index (χ3v) is 6.07. The zero-order chi connectivity index (χ0) is 21.9. The minimum Gasteiger partial charge on any atom is -0.467 e. The van der Waals surface area contributed by atoms with Gasteiger partial charge in [-0.15, -0.1) is 0 Å². The molecule has 4 nitrogen and oxygen atoms in total. The maximum Gasteiger partial charge on any atom is 0.329 e. The van der Waals surface area contributed by atoms with Crippen molar-refractivity contribution in [3.63, 3.8) is 0 Å². The zero-order valence-electron chi connectivity index (χ0n) is 17.4. The Morgan fingerprint density at radius 2 is 1.39 bits per heavy atom. The Bertz CT molecular complexity index is 914. The molecule has 0 aliphatic heterocycles. The minimum atomic E-state index is -0.536. The molecule has 1 unspecified atom stereocenters. The lowest BCUT2D eigenvalue weighted by Gasteiger charge is -2.24. The summed E-state index contributed by atoms with van der Waals surface area (Å²) < 4.78 is 4.99. The predicted molar refractivity (Wildman–Crippen MR) is 132 cm³/mol. The summed E-state index contributed by atoms with van der Waals surface area (Å²) in [4.78, 5) is 12.3. The molecule has 31 heavy (non-hydrogen) atoms. The molecular formula is C25H26N2O2S2. The summed E-state index contributed by atoms with van der Waals surface area (Å²) in [5, 5.41) is 6.93. The fourth-order valence-corrected chi connectivity index (χ4v) is 4.42. The summed E-state index contributed by atoms with van der Waals surface area (Å²) in [6.07, 6.45) is 0. The number of methoxy groups -OCH3 is 1. The topological polar surface area (TPSA) is 50.4 Å². The number of benzene rings is 3. The number of ether oxygens (including phenoxy) is 1. The normalized spacial score (nSPS) is 11.5. The molecule has 0 spiro atoms. The lowest BCUT2D eigenvalue weighted by atomic mass is 9.99. The molecule has 0 aliphatic rings. The van der Waals surface area contributed by atoms with E-state index in [-0.39, 0.29) is 12.0 Å². The number of hydrogen-bond donors (Lipinski definition) is 2. The van der Waals surface area contributed by atoms with Crippen LogP contribution in [0, 0.1) is 0 Å². The van der Waals surface area contributed by atoms with Crippen LogP contribution in [0.2, 0.25) is 0 Å². The summed E-state index contributed by atoms with van der Waals surface area (Å²) in [5.41, 5.74) is 3.39. The molecule has 0 aliphatic carbocycles. The van der Waals surface area contributed by atoms with Gasteiger partial charge in [-0.25, -0.2) is 4.79 Å². The number of carbonyl (C=O) groups is 1. The SMILES string of the molecule is COC(=O)C(CSCc1ccccc1)NC(=S)NC(c1ccccc1)c1ccccc1. The van der Waals surface area contributed by atoms with E-state index in [0.29, 0.717) is 10.9 Å². The molecule has 6 heteroatoms. The summed E-state index contributed by atoms with van der Waals surface area (Å²) in [6.45, 7) is 0. The molecule has 3 aromatic carbocycles. The van der Waals surface area contributed by atoms with Gasteiger partial charge in [-0.1, -0.05) is 91.0 Å². The monoisotopic (exact) mass is 450 g/mol. The zero-order valence-corrected chi connectivity index (χ0v) is 19.0. The largest absolute Gasteiger partial charge is 0.467 e. The maximum atomic E-state index is 12.3. The number of hydrogen-bond acceptors (Lipinski definition) is 4. The van der Waals surface area contributed by atoms with Crippen molar-refractivity contribution in [2.45, 2.75) is 17.8 Å². The molecule has 1 atom stereocenters. The quantitative estimate of drug-likeness (QED) is 0.364. The molecular weight excluding hydrogens is 424 g/mol. The van der Waals surface area contributed by atoms with E-state index in [9.17, 15) is 4.79 Å². The van der Waals surface area contributed by atoms with Gasteiger partial charge < -0.3 is 15.4 Å². The first-order valence-electron chi connectivity index (χ1n) is 10.0. The van der Waals surface area contributed by atoms with Crippen LogP contribution in [0.3, 0.4) is 0 Å². The van der Waals surface area contributed by atoms with Gasteiger partial charge in [0.2, 0.25) is 0 Å². The Kier molecular flexibility index (Phi) is 8.94. The number of nitrogens with one attached hydrogen (secondary N) is 2. The van der Waals surface area contributed by atoms with Crippen molar-refractivity contribution in [3.05, 3.63) is 108 Å². The van der Waals surface area contributed by atoms with E-state index in [0.717, 1.165) is 16.9 Å². The van der Waals surface area contributed by atoms with Crippen molar-refractivity contribution >= 4 is 35.1 Å². The van der Waals surface area contributed by atoms with Gasteiger partial charge in [-0.05, 0) is 28.9 Å². The van der Waals surface area contributed by atoms with E-state index in [1.54, 1.807) is 11.8 Å². The Balaban J connectivity index is 1.65. The van der Waals surface area contributed by atoms with Gasteiger partial charge in [0.1, 0.15) is 6.04 Å². The Hall–Kier alpha value is -2.83. The molecule has 0 saturated heterocycles. The third-order valence-electron chi connectivity index (χ3n) is 4.73. The van der Waals surface area contributed by atoms with E-state index in [1.807, 2.05) is 54.6 Å². The van der Waals surface area contributed by atoms with Crippen molar-refractivity contribution < 1.29 is 9.53 Å². The van der Waals surface area contributed by atoms with Crippen LogP contribution in [0.4, 0.5) is 0 Å². The van der Waals surface area contributed by atoms with Crippen molar-refractivity contribution in [2.24, 2.45) is 0 Å². The second-order valence-corrected chi connectivity index (χ2v) is 8.39. The highest BCUT2D eigenvalue weighted by Gasteiger charge is 2.22. The second-order valence-electron chi connectivity index (χ2n) is 6.95. The van der Waals surface area contributed by atoms with E-state index in [2.05, 4.69) is 47.0 Å². The first-order valence-corrected chi connectivity index (χ1v) is 11.6. The Morgan fingerprint density at radius 1 is 0.871 bits per heavy atom. The Labute approximate surface area is 193 Å². The van der Waals surface area contributed by atoms with Crippen molar-refractivity contribution in [2.75, 3.05) is 12.9 Å². The lowest BCUT2D eigenvalue weighted by molar-refractivity contribution is -0.142. The van der Waals surface area contributed by atoms with Gasteiger partial charge in [-0.3, -0.25) is 0 Å². The predicted octanol–water partition coefficient (Wildman–Crippen LogP) is 4.72. The van der Waals surface area contributed by atoms with Gasteiger partial charge in [0.25, 0.3) is 0 Å². The Morgan fingerprint density at radius 3 is 1.90 bits per heavy atom. The fourth-order valence-electron chi connectivity index (χ4n) is 3.16. The first-order chi connectivity index (χ1) is 15.2. The lowest BCUT2D eigenvalue weighted by Crippen LogP contribution is -2.48. The number of esters is 1. The summed E-state index contributed by atoms with van der Waals surface area (Å²) in [7, 11) is 1.39. The van der Waals surface area contributed by atoms with Crippen LogP contribution in [0.25, 0.3) is 0 Å². The number of rotatable bonds is 9. The molecule has 0 radical (unpaired) electrons. The third kappa shape index (κ3) is 7.12. The average Bonchev–Trinajstić information content (AvgIpc) is 2.83. The molecule has 160 valence electrons. The highest BCUT2D eigenvalue weighted by atomic mass is 32.2. The molecule has 2 N–H and O–H groups in total. The van der Waals surface area contributed by atoms with Crippen molar-refractivity contribution in [1.29, 1.82) is 0 Å². The van der Waals surface area contributed by atoms with Crippen LogP contribution in [0.1, 0.15) is 22.7 Å². The first kappa shape index (κ1) is 22.8. The van der Waals surface area contributed by atoms with Gasteiger partial charge in [0.05, 0.1) is 13.2 Å².